The number of amides is 7. The van der Waals surface area contributed by atoms with Gasteiger partial charge >= 0.3 is 0 Å². The van der Waals surface area contributed by atoms with Gasteiger partial charge in [0, 0.05) is 52.8 Å². The van der Waals surface area contributed by atoms with Crippen molar-refractivity contribution in [3.63, 3.8) is 0 Å². The number of phenolic OH excluding ortho intramolecular Hbond substituents is 1. The van der Waals surface area contributed by atoms with Crippen molar-refractivity contribution in [3.05, 3.63) is 102 Å². The summed E-state index contributed by atoms with van der Waals surface area (Å²) in [6.07, 6.45) is -1.27. The number of nitrogens with zero attached hydrogens (tertiary/aromatic N) is 4. The summed E-state index contributed by atoms with van der Waals surface area (Å²) < 4.78 is 16.4. The Labute approximate surface area is 354 Å². The molecule has 5 N–H and O–H groups in total. The van der Waals surface area contributed by atoms with E-state index in [1.165, 1.54) is 54.9 Å². The van der Waals surface area contributed by atoms with Gasteiger partial charge in [0.05, 0.1) is 32.9 Å². The maximum Gasteiger partial charge on any atom is 0.245 e. The van der Waals surface area contributed by atoms with Crippen LogP contribution in [0.4, 0.5) is 0 Å². The Bertz CT molecular complexity index is 1970. The lowest BCUT2D eigenvalue weighted by atomic mass is 10.0. The standard InChI is InChI=1S/C43H55N7O11/c1-29(40(44)56)45-41(57)34(23-31-13-7-5-8-14-31)46-42(58)35-28-61-43(33-17-11-12-18-36(33)52)50(35)39(55)27-48(20-22-60-4)37(53)26-49(24-32-15-9-6-10-16-32)38(54)25-47(30(2)51)19-21-59-3/h5-18,29,34-35,43,52H,19-28H2,1-4H3,(H2,44,56)(H,45,57)(H,46,58)/t29-,34-,35?,43?/m0/s1. The zero-order valence-electron chi connectivity index (χ0n) is 34.9. The minimum absolute atomic E-state index is 0.00407. The summed E-state index contributed by atoms with van der Waals surface area (Å²) in [6.45, 7) is 1.22. The first-order chi connectivity index (χ1) is 29.2. The van der Waals surface area contributed by atoms with Crippen LogP contribution in [0.3, 0.4) is 0 Å². The van der Waals surface area contributed by atoms with Crippen molar-refractivity contribution in [1.29, 1.82) is 0 Å². The Morgan fingerprint density at radius 3 is 1.93 bits per heavy atom. The Morgan fingerprint density at radius 2 is 1.34 bits per heavy atom. The number of para-hydroxylation sites is 1. The number of carbonyl (C=O) groups is 7. The lowest BCUT2D eigenvalue weighted by Gasteiger charge is -2.33. The van der Waals surface area contributed by atoms with E-state index in [2.05, 4.69) is 10.6 Å². The molecule has 328 valence electrons. The quantitative estimate of drug-likeness (QED) is 0.108. The van der Waals surface area contributed by atoms with Crippen molar-refractivity contribution >= 4 is 41.4 Å². The maximum atomic E-state index is 14.6. The molecule has 1 saturated heterocycles. The summed E-state index contributed by atoms with van der Waals surface area (Å²) >= 11 is 0. The molecular formula is C43H55N7O11. The van der Waals surface area contributed by atoms with Gasteiger partial charge in [-0.2, -0.15) is 0 Å². The number of ether oxygens (including phenoxy) is 3. The number of hydrogen-bond donors (Lipinski definition) is 4. The van der Waals surface area contributed by atoms with E-state index in [-0.39, 0.29) is 69.6 Å². The number of primary amides is 1. The molecule has 0 aliphatic carbocycles. The molecule has 3 aromatic carbocycles. The van der Waals surface area contributed by atoms with Gasteiger partial charge in [-0.05, 0) is 24.1 Å². The van der Waals surface area contributed by atoms with Crippen LogP contribution in [0.15, 0.2) is 84.9 Å². The second kappa shape index (κ2) is 23.4. The van der Waals surface area contributed by atoms with Gasteiger partial charge in [0.25, 0.3) is 0 Å². The molecule has 1 aliphatic rings. The van der Waals surface area contributed by atoms with Crippen molar-refractivity contribution in [2.24, 2.45) is 5.73 Å². The topological polar surface area (TPSA) is 230 Å². The number of phenols is 1. The molecule has 61 heavy (non-hydrogen) atoms. The van der Waals surface area contributed by atoms with E-state index in [1.54, 1.807) is 66.7 Å². The number of hydrogen-bond acceptors (Lipinski definition) is 11. The molecule has 0 radical (unpaired) electrons. The van der Waals surface area contributed by atoms with E-state index in [1.807, 2.05) is 6.07 Å². The molecule has 18 nitrogen and oxygen atoms in total. The summed E-state index contributed by atoms with van der Waals surface area (Å²) in [6, 6.07) is 20.2. The van der Waals surface area contributed by atoms with Crippen molar-refractivity contribution in [1.82, 2.24) is 30.2 Å². The number of carbonyl (C=O) groups excluding carboxylic acids is 7. The fourth-order valence-corrected chi connectivity index (χ4v) is 6.51. The minimum Gasteiger partial charge on any atom is -0.507 e. The number of benzene rings is 3. The van der Waals surface area contributed by atoms with Crippen molar-refractivity contribution in [3.8, 4) is 5.75 Å². The second-order valence-corrected chi connectivity index (χ2v) is 14.4. The van der Waals surface area contributed by atoms with Gasteiger partial charge in [-0.15, -0.1) is 0 Å². The molecule has 18 heteroatoms. The van der Waals surface area contributed by atoms with Gasteiger partial charge in [0.15, 0.2) is 6.23 Å². The molecule has 0 saturated carbocycles. The Balaban J connectivity index is 1.64. The predicted molar refractivity (Wildman–Crippen MR) is 221 cm³/mol. The molecule has 7 amide bonds. The van der Waals surface area contributed by atoms with E-state index < -0.39 is 72.9 Å². The fraction of sp³-hybridized carbons (Fsp3) is 0.419. The van der Waals surface area contributed by atoms with E-state index in [0.29, 0.717) is 11.1 Å². The van der Waals surface area contributed by atoms with Crippen LogP contribution in [-0.4, -0.2) is 151 Å². The molecule has 0 spiro atoms. The average Bonchev–Trinajstić information content (AvgIpc) is 3.69. The molecule has 2 unspecified atom stereocenters. The van der Waals surface area contributed by atoms with Gasteiger partial charge in [-0.3, -0.25) is 38.5 Å². The highest BCUT2D eigenvalue weighted by Crippen LogP contribution is 2.36. The van der Waals surface area contributed by atoms with Gasteiger partial charge in [0.1, 0.15) is 30.4 Å². The van der Waals surface area contributed by atoms with Crippen molar-refractivity contribution in [2.75, 3.05) is 66.8 Å². The average molecular weight is 846 g/mol. The first kappa shape index (κ1) is 47.3. The molecule has 0 bridgehead atoms. The smallest absolute Gasteiger partial charge is 0.245 e. The van der Waals surface area contributed by atoms with Crippen LogP contribution in [0.5, 0.6) is 5.75 Å². The normalized spacial score (nSPS) is 15.6. The van der Waals surface area contributed by atoms with Crippen LogP contribution in [0.25, 0.3) is 0 Å². The van der Waals surface area contributed by atoms with Crippen molar-refractivity contribution < 1.29 is 52.9 Å². The first-order valence-electron chi connectivity index (χ1n) is 19.7. The van der Waals surface area contributed by atoms with E-state index in [4.69, 9.17) is 19.9 Å². The minimum atomic E-state index is -1.36. The van der Waals surface area contributed by atoms with Crippen molar-refractivity contribution in [2.45, 2.75) is 51.2 Å². The van der Waals surface area contributed by atoms with Gasteiger partial charge in [0.2, 0.25) is 41.4 Å². The van der Waals surface area contributed by atoms with E-state index in [9.17, 15) is 38.7 Å². The van der Waals surface area contributed by atoms with Crippen LogP contribution in [0.2, 0.25) is 0 Å². The largest absolute Gasteiger partial charge is 0.507 e. The lowest BCUT2D eigenvalue weighted by molar-refractivity contribution is -0.150. The van der Waals surface area contributed by atoms with E-state index >= 15 is 0 Å². The summed E-state index contributed by atoms with van der Waals surface area (Å²) in [5.41, 5.74) is 6.96. The van der Waals surface area contributed by atoms with Crippen LogP contribution in [0, 0.1) is 0 Å². The van der Waals surface area contributed by atoms with E-state index in [0.717, 1.165) is 4.90 Å². The SMILES string of the molecule is COCCN(CC(=O)N(CC(=O)N(CCOC)CC(=O)N1C(C(=O)N[C@@H](Cc2ccccc2)C(=O)N[C@@H](C)C(N)=O)COC1c1ccccc1O)Cc1ccccc1)C(C)=O. The summed E-state index contributed by atoms with van der Waals surface area (Å²) in [4.78, 5) is 99.4. The number of nitrogens with one attached hydrogen (secondary N) is 2. The molecule has 4 rings (SSSR count). The number of rotatable bonds is 22. The third kappa shape index (κ3) is 13.8. The number of methoxy groups -OCH3 is 2. The Hall–Kier alpha value is -6.37. The van der Waals surface area contributed by atoms with Crippen LogP contribution >= 0.6 is 0 Å². The van der Waals surface area contributed by atoms with Gasteiger partial charge in [-0.1, -0.05) is 78.9 Å². The summed E-state index contributed by atoms with van der Waals surface area (Å²) in [7, 11) is 2.89. The van der Waals surface area contributed by atoms with Crippen LogP contribution < -0.4 is 16.4 Å². The highest BCUT2D eigenvalue weighted by atomic mass is 16.5. The maximum absolute atomic E-state index is 14.6. The van der Waals surface area contributed by atoms with Gasteiger partial charge in [-0.25, -0.2) is 0 Å². The summed E-state index contributed by atoms with van der Waals surface area (Å²) in [5, 5.41) is 16.1. The molecule has 1 fully saturated rings. The third-order valence-electron chi connectivity index (χ3n) is 9.97. The number of aromatic hydroxyl groups is 1. The Kier molecular flexibility index (Phi) is 18.2. The predicted octanol–water partition coefficient (Wildman–Crippen LogP) is 0.334. The zero-order valence-corrected chi connectivity index (χ0v) is 34.9. The third-order valence-corrected chi connectivity index (χ3v) is 9.97. The highest BCUT2D eigenvalue weighted by Gasteiger charge is 2.45. The Morgan fingerprint density at radius 1 is 0.787 bits per heavy atom. The molecule has 3 aromatic rings. The monoisotopic (exact) mass is 845 g/mol. The molecule has 1 aliphatic heterocycles. The lowest BCUT2D eigenvalue weighted by Crippen LogP contribution is -2.57. The first-order valence-corrected chi connectivity index (χ1v) is 19.7. The molecular weight excluding hydrogens is 791 g/mol. The summed E-state index contributed by atoms with van der Waals surface area (Å²) in [5.74, 6) is -4.77. The van der Waals surface area contributed by atoms with Crippen LogP contribution in [-0.2, 0) is 60.7 Å². The second-order valence-electron chi connectivity index (χ2n) is 14.4. The highest BCUT2D eigenvalue weighted by molar-refractivity contribution is 5.95. The zero-order chi connectivity index (χ0) is 44.5. The molecule has 0 aromatic heterocycles. The molecule has 1 heterocycles. The number of nitrogens with two attached hydrogens (primary N) is 1. The fourth-order valence-electron chi connectivity index (χ4n) is 6.51. The molecule has 4 atom stereocenters. The van der Waals surface area contributed by atoms with Crippen LogP contribution in [0.1, 0.15) is 36.8 Å². The van der Waals surface area contributed by atoms with Gasteiger partial charge < -0.3 is 50.4 Å².